The molecule has 0 fully saturated rings. The van der Waals surface area contributed by atoms with Gasteiger partial charge in [-0.3, -0.25) is 0 Å². The van der Waals surface area contributed by atoms with Gasteiger partial charge in [0.15, 0.2) is 0 Å². The second-order valence-corrected chi connectivity index (χ2v) is 17.2. The minimum absolute atomic E-state index is 1.09. The molecule has 2 nitrogen and oxygen atoms in total. The smallest absolute Gasteiger partial charge is 0.0618 e. The first-order valence-electron chi connectivity index (χ1n) is 22.8. The third-order valence-electron chi connectivity index (χ3n) is 13.5. The lowest BCUT2D eigenvalue weighted by molar-refractivity contribution is 1.17. The van der Waals surface area contributed by atoms with Gasteiger partial charge < -0.3 is 9.47 Å². The molecule has 13 rings (SSSR count). The molecule has 0 aliphatic rings. The molecule has 1 aromatic heterocycles. The van der Waals surface area contributed by atoms with Crippen LogP contribution in [0, 0.1) is 0 Å². The molecule has 0 N–H and O–H groups in total. The minimum Gasteiger partial charge on any atom is -0.309 e. The standard InChI is InChI=1S/C64H42N2/c1-3-20-43(21-4-1)44-22-19-23-45(42-44)61-51-28-7-9-30-53(51)62(54-31-10-8-29-52(54)61)63-55-32-11-13-34-57(55)64(58-35-14-12-33-56(58)63)65(46-24-5-2-6-25-46)47-38-40-48(41-39-47)66-59-36-17-15-26-49(59)50-27-16-18-37-60(50)66/h1-42H. The number of fused-ring (bicyclic) bond motifs is 7. The van der Waals surface area contributed by atoms with E-state index in [4.69, 9.17) is 0 Å². The summed E-state index contributed by atoms with van der Waals surface area (Å²) in [7, 11) is 0. The molecule has 0 radical (unpaired) electrons. The highest BCUT2D eigenvalue weighted by Gasteiger charge is 2.25. The molecule has 308 valence electrons. The van der Waals surface area contributed by atoms with Gasteiger partial charge in [-0.15, -0.1) is 0 Å². The molecule has 66 heavy (non-hydrogen) atoms. The van der Waals surface area contributed by atoms with Crippen LogP contribution in [0.5, 0.6) is 0 Å². The van der Waals surface area contributed by atoms with Crippen molar-refractivity contribution in [2.75, 3.05) is 4.90 Å². The summed E-state index contributed by atoms with van der Waals surface area (Å²) in [6.45, 7) is 0. The van der Waals surface area contributed by atoms with Crippen LogP contribution in [-0.2, 0) is 0 Å². The molecule has 12 aromatic carbocycles. The summed E-state index contributed by atoms with van der Waals surface area (Å²) < 4.78 is 2.39. The Hall–Kier alpha value is -8.72. The van der Waals surface area contributed by atoms with Crippen molar-refractivity contribution in [1.82, 2.24) is 4.57 Å². The van der Waals surface area contributed by atoms with Crippen molar-refractivity contribution in [2.45, 2.75) is 0 Å². The van der Waals surface area contributed by atoms with Gasteiger partial charge in [0.25, 0.3) is 0 Å². The van der Waals surface area contributed by atoms with Crippen molar-refractivity contribution in [3.63, 3.8) is 0 Å². The van der Waals surface area contributed by atoms with Crippen LogP contribution in [0.3, 0.4) is 0 Å². The fourth-order valence-electron chi connectivity index (χ4n) is 10.7. The summed E-state index contributed by atoms with van der Waals surface area (Å²) in [5.74, 6) is 0. The number of rotatable bonds is 7. The molecule has 0 aliphatic carbocycles. The molecule has 0 amide bonds. The van der Waals surface area contributed by atoms with E-state index >= 15 is 0 Å². The maximum Gasteiger partial charge on any atom is 0.0618 e. The first-order valence-corrected chi connectivity index (χ1v) is 22.8. The highest BCUT2D eigenvalue weighted by molar-refractivity contribution is 6.30. The fraction of sp³-hybridized carbons (Fsp3) is 0. The zero-order valence-electron chi connectivity index (χ0n) is 36.1. The molecule has 0 aliphatic heterocycles. The predicted octanol–water partition coefficient (Wildman–Crippen LogP) is 17.9. The van der Waals surface area contributed by atoms with E-state index in [2.05, 4.69) is 264 Å². The van der Waals surface area contributed by atoms with Crippen molar-refractivity contribution < 1.29 is 0 Å². The highest BCUT2D eigenvalue weighted by Crippen LogP contribution is 2.52. The zero-order chi connectivity index (χ0) is 43.6. The van der Waals surface area contributed by atoms with Crippen LogP contribution < -0.4 is 4.90 Å². The molecule has 0 saturated carbocycles. The van der Waals surface area contributed by atoms with E-state index in [1.54, 1.807) is 0 Å². The third-order valence-corrected chi connectivity index (χ3v) is 13.5. The molecule has 0 bridgehead atoms. The van der Waals surface area contributed by atoms with E-state index in [1.807, 2.05) is 0 Å². The van der Waals surface area contributed by atoms with Gasteiger partial charge >= 0.3 is 0 Å². The van der Waals surface area contributed by atoms with Crippen LogP contribution in [0.25, 0.3) is 104 Å². The van der Waals surface area contributed by atoms with E-state index in [1.165, 1.54) is 98.3 Å². The highest BCUT2D eigenvalue weighted by atomic mass is 15.1. The summed E-state index contributed by atoms with van der Waals surface area (Å²) >= 11 is 0. The van der Waals surface area contributed by atoms with E-state index in [-0.39, 0.29) is 0 Å². The summed E-state index contributed by atoms with van der Waals surface area (Å²) in [5, 5.41) is 12.3. The van der Waals surface area contributed by atoms with Crippen LogP contribution >= 0.6 is 0 Å². The monoisotopic (exact) mass is 838 g/mol. The number of benzene rings is 12. The van der Waals surface area contributed by atoms with E-state index in [0.29, 0.717) is 0 Å². The van der Waals surface area contributed by atoms with Crippen molar-refractivity contribution in [3.05, 3.63) is 255 Å². The average molecular weight is 839 g/mol. The molecule has 0 atom stereocenters. The van der Waals surface area contributed by atoms with Crippen molar-refractivity contribution in [1.29, 1.82) is 0 Å². The quantitative estimate of drug-likeness (QED) is 0.145. The largest absolute Gasteiger partial charge is 0.309 e. The molecular formula is C64H42N2. The van der Waals surface area contributed by atoms with Crippen LogP contribution in [-0.4, -0.2) is 4.57 Å². The van der Waals surface area contributed by atoms with Crippen LogP contribution in [0.15, 0.2) is 255 Å². The Kier molecular flexibility index (Phi) is 8.89. The Morgan fingerprint density at radius 1 is 0.242 bits per heavy atom. The minimum atomic E-state index is 1.09. The number of nitrogens with zero attached hydrogens (tertiary/aromatic N) is 2. The first-order chi connectivity index (χ1) is 32.8. The lowest BCUT2D eigenvalue weighted by Gasteiger charge is -2.30. The second kappa shape index (κ2) is 15.5. The summed E-state index contributed by atoms with van der Waals surface area (Å²) in [4.78, 5) is 2.46. The van der Waals surface area contributed by atoms with Gasteiger partial charge in [-0.2, -0.15) is 0 Å². The van der Waals surface area contributed by atoms with Gasteiger partial charge in [-0.05, 0) is 120 Å². The van der Waals surface area contributed by atoms with Crippen molar-refractivity contribution in [2.24, 2.45) is 0 Å². The fourth-order valence-corrected chi connectivity index (χ4v) is 10.7. The first kappa shape index (κ1) is 37.8. The van der Waals surface area contributed by atoms with Crippen LogP contribution in [0.4, 0.5) is 17.1 Å². The Bertz CT molecular complexity index is 3810. The molecule has 0 unspecified atom stereocenters. The summed E-state index contributed by atoms with van der Waals surface area (Å²) in [5.41, 5.74) is 14.3. The molecule has 2 heteroatoms. The number of hydrogen-bond donors (Lipinski definition) is 0. The van der Waals surface area contributed by atoms with Crippen LogP contribution in [0.1, 0.15) is 0 Å². The predicted molar refractivity (Wildman–Crippen MR) is 282 cm³/mol. The van der Waals surface area contributed by atoms with E-state index in [9.17, 15) is 0 Å². The molecule has 0 spiro atoms. The van der Waals surface area contributed by atoms with E-state index < -0.39 is 0 Å². The second-order valence-electron chi connectivity index (χ2n) is 17.2. The number of hydrogen-bond acceptors (Lipinski definition) is 1. The topological polar surface area (TPSA) is 8.17 Å². The van der Waals surface area contributed by atoms with Gasteiger partial charge in [-0.25, -0.2) is 0 Å². The van der Waals surface area contributed by atoms with Gasteiger partial charge in [0.05, 0.1) is 16.7 Å². The third kappa shape index (κ3) is 5.96. The maximum absolute atomic E-state index is 2.46. The number of para-hydroxylation sites is 3. The molecule has 1 heterocycles. The van der Waals surface area contributed by atoms with Gasteiger partial charge in [-0.1, -0.05) is 200 Å². The SMILES string of the molecule is c1ccc(-c2cccc(-c3c4ccccc4c(-c4c5ccccc5c(N(c5ccccc5)c5ccc(-n6c7ccccc7c7ccccc76)cc5)c5ccccc45)c4ccccc34)c2)cc1. The van der Waals surface area contributed by atoms with Crippen molar-refractivity contribution in [3.8, 4) is 39.1 Å². The van der Waals surface area contributed by atoms with Crippen molar-refractivity contribution >= 4 is 82.0 Å². The average Bonchev–Trinajstić information content (AvgIpc) is 3.73. The molecule has 13 aromatic rings. The molecular weight excluding hydrogens is 797 g/mol. The lowest BCUT2D eigenvalue weighted by atomic mass is 9.82. The van der Waals surface area contributed by atoms with Gasteiger partial charge in [0.1, 0.15) is 0 Å². The normalized spacial score (nSPS) is 11.6. The zero-order valence-corrected chi connectivity index (χ0v) is 36.1. The van der Waals surface area contributed by atoms with Crippen LogP contribution in [0.2, 0.25) is 0 Å². The Morgan fingerprint density at radius 2 is 0.606 bits per heavy atom. The van der Waals surface area contributed by atoms with E-state index in [0.717, 1.165) is 22.7 Å². The Morgan fingerprint density at radius 3 is 1.12 bits per heavy atom. The molecule has 0 saturated heterocycles. The lowest BCUT2D eigenvalue weighted by Crippen LogP contribution is -2.11. The van der Waals surface area contributed by atoms with Gasteiger partial charge in [0.2, 0.25) is 0 Å². The number of aromatic nitrogens is 1. The number of anilines is 3. The Labute approximate surface area is 383 Å². The van der Waals surface area contributed by atoms with Gasteiger partial charge in [0, 0.05) is 38.6 Å². The summed E-state index contributed by atoms with van der Waals surface area (Å²) in [6, 6.07) is 93.3. The summed E-state index contributed by atoms with van der Waals surface area (Å²) in [6.07, 6.45) is 0. The maximum atomic E-state index is 2.46. The Balaban J connectivity index is 1.06.